The molecule has 1 saturated carbocycles. The van der Waals surface area contributed by atoms with E-state index in [-0.39, 0.29) is 11.5 Å². The molecule has 2 aromatic heterocycles. The Balaban J connectivity index is 1.41. The van der Waals surface area contributed by atoms with Gasteiger partial charge in [-0.3, -0.25) is 0 Å². The summed E-state index contributed by atoms with van der Waals surface area (Å²) in [5, 5.41) is 21.1. The Bertz CT molecular complexity index is 846. The van der Waals surface area contributed by atoms with E-state index in [1.165, 1.54) is 11.8 Å². The van der Waals surface area contributed by atoms with Crippen LogP contribution < -0.4 is 16.4 Å². The molecule has 1 saturated heterocycles. The van der Waals surface area contributed by atoms with Gasteiger partial charge < -0.3 is 26.6 Å². The van der Waals surface area contributed by atoms with Gasteiger partial charge in [0.2, 0.25) is 0 Å². The van der Waals surface area contributed by atoms with E-state index in [9.17, 15) is 10.2 Å². The molecule has 0 amide bonds. The van der Waals surface area contributed by atoms with Crippen LogP contribution in [0.4, 0.5) is 11.6 Å². The second kappa shape index (κ2) is 7.64. The number of hydrogen-bond acceptors (Lipinski definition) is 9. The van der Waals surface area contributed by atoms with Crippen molar-refractivity contribution in [3.63, 3.8) is 0 Å². The zero-order valence-electron chi connectivity index (χ0n) is 15.2. The summed E-state index contributed by atoms with van der Waals surface area (Å²) < 4.78 is 0. The van der Waals surface area contributed by atoms with E-state index in [2.05, 4.69) is 19.9 Å². The topological polar surface area (TPSA) is 134 Å². The first-order valence-electron chi connectivity index (χ1n) is 9.16. The van der Waals surface area contributed by atoms with Gasteiger partial charge in [0.05, 0.1) is 29.6 Å². The second-order valence-electron chi connectivity index (χ2n) is 7.46. The molecule has 0 aromatic carbocycles. The molecule has 10 heteroatoms. The fourth-order valence-electron chi connectivity index (χ4n) is 4.15. The maximum Gasteiger partial charge on any atom is 0.147 e. The van der Waals surface area contributed by atoms with E-state index in [0.717, 1.165) is 36.6 Å². The van der Waals surface area contributed by atoms with Crippen LogP contribution in [0.2, 0.25) is 5.02 Å². The number of piperidine rings is 1. The molecule has 1 spiro atoms. The fraction of sp³-hybridized carbons (Fsp3) is 0.500. The Hall–Kier alpha value is -1.65. The quantitative estimate of drug-likeness (QED) is 0.577. The largest absolute Gasteiger partial charge is 0.390 e. The number of nitrogens with zero attached hydrogens (tertiary/aromatic N) is 4. The van der Waals surface area contributed by atoms with Crippen molar-refractivity contribution >= 4 is 35.0 Å². The van der Waals surface area contributed by atoms with E-state index < -0.39 is 12.2 Å². The second-order valence-corrected chi connectivity index (χ2v) is 8.90. The van der Waals surface area contributed by atoms with Crippen LogP contribution in [0.1, 0.15) is 19.3 Å². The molecule has 2 fully saturated rings. The molecule has 8 nitrogen and oxygen atoms in total. The monoisotopic (exact) mass is 422 g/mol. The number of pyridine rings is 1. The Kier molecular flexibility index (Phi) is 5.36. The lowest BCUT2D eigenvalue weighted by molar-refractivity contribution is 0.0354. The van der Waals surface area contributed by atoms with Crippen molar-refractivity contribution in [3.8, 4) is 0 Å². The molecule has 150 valence electrons. The van der Waals surface area contributed by atoms with Crippen molar-refractivity contribution in [2.24, 2.45) is 11.1 Å². The maximum absolute atomic E-state index is 10.0. The lowest BCUT2D eigenvalue weighted by atomic mass is 9.74. The average molecular weight is 423 g/mol. The number of halogens is 1. The molecular weight excluding hydrogens is 400 g/mol. The van der Waals surface area contributed by atoms with Gasteiger partial charge in [0.25, 0.3) is 0 Å². The van der Waals surface area contributed by atoms with Crippen LogP contribution in [0.3, 0.4) is 0 Å². The van der Waals surface area contributed by atoms with E-state index in [1.54, 1.807) is 24.7 Å². The third-order valence-corrected chi connectivity index (χ3v) is 7.37. The van der Waals surface area contributed by atoms with Gasteiger partial charge in [-0.1, -0.05) is 23.4 Å². The Morgan fingerprint density at radius 2 is 1.93 bits per heavy atom. The van der Waals surface area contributed by atoms with Gasteiger partial charge >= 0.3 is 0 Å². The molecule has 2 aliphatic rings. The molecule has 6 N–H and O–H groups in total. The summed E-state index contributed by atoms with van der Waals surface area (Å²) in [4.78, 5) is 15.9. The average Bonchev–Trinajstić information content (AvgIpc) is 2.90. The molecule has 0 radical (unpaired) electrons. The minimum atomic E-state index is -0.836. The van der Waals surface area contributed by atoms with Crippen molar-refractivity contribution in [1.29, 1.82) is 0 Å². The molecule has 4 rings (SSSR count). The SMILES string of the molecule is Nc1nccc(Sc2cnc(N3CCC4(CC3)C[C@H](O)[C@@H](O)[C@H]4N)cn2)c1Cl. The van der Waals surface area contributed by atoms with Crippen molar-refractivity contribution in [2.75, 3.05) is 23.7 Å². The number of hydrogen-bond donors (Lipinski definition) is 4. The normalized spacial score (nSPS) is 26.7. The first-order chi connectivity index (χ1) is 13.4. The molecule has 0 unspecified atom stereocenters. The van der Waals surface area contributed by atoms with Gasteiger partial charge in [-0.05, 0) is 30.7 Å². The smallest absolute Gasteiger partial charge is 0.147 e. The van der Waals surface area contributed by atoms with E-state index in [4.69, 9.17) is 23.1 Å². The molecular formula is C18H23ClN6O2S. The number of aliphatic hydroxyl groups excluding tert-OH is 2. The highest BCUT2D eigenvalue weighted by atomic mass is 35.5. The third-order valence-electron chi connectivity index (χ3n) is 5.88. The maximum atomic E-state index is 10.0. The van der Waals surface area contributed by atoms with Crippen molar-refractivity contribution < 1.29 is 10.2 Å². The number of nitrogens with two attached hydrogens (primary N) is 2. The highest BCUT2D eigenvalue weighted by Crippen LogP contribution is 2.46. The van der Waals surface area contributed by atoms with Crippen LogP contribution >= 0.6 is 23.4 Å². The van der Waals surface area contributed by atoms with Crippen LogP contribution in [-0.4, -0.2) is 56.5 Å². The van der Waals surface area contributed by atoms with E-state index >= 15 is 0 Å². The number of nitrogen functional groups attached to an aromatic ring is 1. The number of rotatable bonds is 3. The molecule has 3 atom stereocenters. The summed E-state index contributed by atoms with van der Waals surface area (Å²) in [5.41, 5.74) is 11.7. The summed E-state index contributed by atoms with van der Waals surface area (Å²) in [6, 6.07) is 1.41. The number of anilines is 2. The van der Waals surface area contributed by atoms with Crippen LogP contribution in [-0.2, 0) is 0 Å². The van der Waals surface area contributed by atoms with Gasteiger partial charge in [-0.2, -0.15) is 0 Å². The first kappa shape index (κ1) is 19.7. The predicted octanol–water partition coefficient (Wildman–Crippen LogP) is 1.30. The van der Waals surface area contributed by atoms with E-state index in [1.807, 2.05) is 0 Å². The molecule has 3 heterocycles. The zero-order chi connectivity index (χ0) is 19.9. The lowest BCUT2D eigenvalue weighted by Crippen LogP contribution is -2.50. The Morgan fingerprint density at radius 1 is 1.18 bits per heavy atom. The fourth-order valence-corrected chi connectivity index (χ4v) is 5.14. The zero-order valence-corrected chi connectivity index (χ0v) is 16.8. The molecule has 28 heavy (non-hydrogen) atoms. The molecule has 1 aliphatic carbocycles. The molecule has 2 aromatic rings. The highest BCUT2D eigenvalue weighted by Gasteiger charge is 2.51. The Labute approximate surface area is 172 Å². The van der Waals surface area contributed by atoms with Crippen LogP contribution in [0.5, 0.6) is 0 Å². The Morgan fingerprint density at radius 3 is 2.54 bits per heavy atom. The van der Waals surface area contributed by atoms with Gasteiger partial charge in [0.1, 0.15) is 16.7 Å². The van der Waals surface area contributed by atoms with Gasteiger partial charge in [-0.15, -0.1) is 0 Å². The number of aromatic nitrogens is 3. The van der Waals surface area contributed by atoms with Crippen molar-refractivity contribution in [1.82, 2.24) is 15.0 Å². The minimum absolute atomic E-state index is 0.198. The van der Waals surface area contributed by atoms with Gasteiger partial charge in [-0.25, -0.2) is 15.0 Å². The third kappa shape index (κ3) is 3.53. The summed E-state index contributed by atoms with van der Waals surface area (Å²) in [5.74, 6) is 1.09. The van der Waals surface area contributed by atoms with Gasteiger partial charge in [0.15, 0.2) is 0 Å². The van der Waals surface area contributed by atoms with Crippen molar-refractivity contribution in [3.05, 3.63) is 29.7 Å². The first-order valence-corrected chi connectivity index (χ1v) is 10.4. The van der Waals surface area contributed by atoms with E-state index in [0.29, 0.717) is 22.3 Å². The van der Waals surface area contributed by atoms with Crippen LogP contribution in [0.15, 0.2) is 34.6 Å². The summed E-state index contributed by atoms with van der Waals surface area (Å²) in [6.07, 6.45) is 5.68. The minimum Gasteiger partial charge on any atom is -0.390 e. The lowest BCUT2D eigenvalue weighted by Gasteiger charge is -2.42. The van der Waals surface area contributed by atoms with Crippen LogP contribution in [0, 0.1) is 5.41 Å². The summed E-state index contributed by atoms with van der Waals surface area (Å²) >= 11 is 7.56. The van der Waals surface area contributed by atoms with Crippen LogP contribution in [0.25, 0.3) is 0 Å². The van der Waals surface area contributed by atoms with Gasteiger partial charge in [0, 0.05) is 30.2 Å². The summed E-state index contributed by atoms with van der Waals surface area (Å²) in [7, 11) is 0. The standard InChI is InChI=1S/C18H23ClN6O2S/c19-14-11(1-4-22-17(14)21)28-13-9-23-12(8-24-13)25-5-2-18(3-6-25)7-10(26)15(27)16(18)20/h1,4,8-10,15-16,26-27H,2-3,5-7,20H2,(H2,21,22)/t10-,15+,16+/m0/s1. The predicted molar refractivity (Wildman–Crippen MR) is 108 cm³/mol. The number of aliphatic hydroxyl groups is 2. The highest BCUT2D eigenvalue weighted by molar-refractivity contribution is 7.99. The summed E-state index contributed by atoms with van der Waals surface area (Å²) in [6.45, 7) is 1.53. The van der Waals surface area contributed by atoms with Crippen molar-refractivity contribution in [2.45, 2.75) is 47.4 Å². The molecule has 0 bridgehead atoms. The molecule has 1 aliphatic heterocycles.